The standard InChI is InChI=1S/C29H31N5O2/c1-18-17-36-28-10-9-23(15-26(18)28)27-16-29(32-21(4)31-27)30-20(3)22-7-6-8-25(14-22)35-12-11-24-13-19(2)33-34(24)5/h6-10,13-17,20H,11-12H2,1-5H3,(H,30,31,32). The van der Waals surface area contributed by atoms with E-state index in [1.807, 2.05) is 62.8 Å². The summed E-state index contributed by atoms with van der Waals surface area (Å²) in [5.41, 5.74) is 7.21. The number of aryl methyl sites for hydroxylation is 4. The van der Waals surface area contributed by atoms with Crippen LogP contribution in [0.1, 0.15) is 41.3 Å². The van der Waals surface area contributed by atoms with E-state index >= 15 is 0 Å². The molecule has 7 nitrogen and oxygen atoms in total. The lowest BCUT2D eigenvalue weighted by Gasteiger charge is -2.17. The van der Waals surface area contributed by atoms with E-state index in [0.29, 0.717) is 12.4 Å². The number of anilines is 1. The van der Waals surface area contributed by atoms with Gasteiger partial charge in [0, 0.05) is 36.2 Å². The van der Waals surface area contributed by atoms with E-state index in [0.717, 1.165) is 62.7 Å². The van der Waals surface area contributed by atoms with Gasteiger partial charge in [-0.2, -0.15) is 5.10 Å². The molecule has 0 fully saturated rings. The zero-order valence-corrected chi connectivity index (χ0v) is 21.4. The first-order valence-electron chi connectivity index (χ1n) is 12.2. The summed E-state index contributed by atoms with van der Waals surface area (Å²) >= 11 is 0. The Kier molecular flexibility index (Phi) is 6.46. The third-order valence-corrected chi connectivity index (χ3v) is 6.35. The van der Waals surface area contributed by atoms with Gasteiger partial charge in [0.25, 0.3) is 0 Å². The molecule has 7 heteroatoms. The minimum Gasteiger partial charge on any atom is -0.493 e. The molecule has 0 saturated heterocycles. The van der Waals surface area contributed by atoms with Gasteiger partial charge in [-0.1, -0.05) is 12.1 Å². The van der Waals surface area contributed by atoms with Gasteiger partial charge in [-0.05, 0) is 75.2 Å². The largest absolute Gasteiger partial charge is 0.493 e. The van der Waals surface area contributed by atoms with Crippen molar-refractivity contribution < 1.29 is 9.15 Å². The van der Waals surface area contributed by atoms with Gasteiger partial charge in [0.15, 0.2) is 0 Å². The highest BCUT2D eigenvalue weighted by molar-refractivity contribution is 5.85. The molecule has 3 aromatic heterocycles. The Hall–Kier alpha value is -4.13. The van der Waals surface area contributed by atoms with E-state index in [1.54, 1.807) is 6.26 Å². The summed E-state index contributed by atoms with van der Waals surface area (Å²) in [7, 11) is 1.97. The summed E-state index contributed by atoms with van der Waals surface area (Å²) in [6.45, 7) is 8.68. The van der Waals surface area contributed by atoms with Gasteiger partial charge in [0.05, 0.1) is 30.3 Å². The summed E-state index contributed by atoms with van der Waals surface area (Å²) in [6.07, 6.45) is 2.59. The lowest BCUT2D eigenvalue weighted by atomic mass is 10.1. The third-order valence-electron chi connectivity index (χ3n) is 6.35. The molecule has 1 atom stereocenters. The van der Waals surface area contributed by atoms with E-state index in [-0.39, 0.29) is 6.04 Å². The number of fused-ring (bicyclic) bond motifs is 1. The van der Waals surface area contributed by atoms with Crippen LogP contribution in [0.2, 0.25) is 0 Å². The van der Waals surface area contributed by atoms with Crippen molar-refractivity contribution in [2.75, 3.05) is 11.9 Å². The van der Waals surface area contributed by atoms with Crippen molar-refractivity contribution in [1.82, 2.24) is 19.7 Å². The molecule has 0 aliphatic rings. The molecular formula is C29H31N5O2. The lowest BCUT2D eigenvalue weighted by Crippen LogP contribution is -2.10. The number of aromatic nitrogens is 4. The van der Waals surface area contributed by atoms with Crippen molar-refractivity contribution in [3.05, 3.63) is 89.2 Å². The second kappa shape index (κ2) is 9.85. The molecular weight excluding hydrogens is 450 g/mol. The van der Waals surface area contributed by atoms with Crippen LogP contribution in [-0.2, 0) is 13.5 Å². The van der Waals surface area contributed by atoms with Crippen LogP contribution in [0.4, 0.5) is 5.82 Å². The van der Waals surface area contributed by atoms with Gasteiger partial charge in [-0.25, -0.2) is 9.97 Å². The monoisotopic (exact) mass is 481 g/mol. The highest BCUT2D eigenvalue weighted by Gasteiger charge is 2.12. The molecule has 1 unspecified atom stereocenters. The van der Waals surface area contributed by atoms with E-state index in [1.165, 1.54) is 0 Å². The topological polar surface area (TPSA) is 78.0 Å². The van der Waals surface area contributed by atoms with Crippen molar-refractivity contribution in [3.63, 3.8) is 0 Å². The Balaban J connectivity index is 1.29. The van der Waals surface area contributed by atoms with Crippen LogP contribution in [0.3, 0.4) is 0 Å². The number of ether oxygens (including phenoxy) is 1. The van der Waals surface area contributed by atoms with E-state index < -0.39 is 0 Å². The first kappa shape index (κ1) is 23.6. The molecule has 0 bridgehead atoms. The quantitative estimate of drug-likeness (QED) is 0.278. The fraction of sp³-hybridized carbons (Fsp3) is 0.276. The first-order chi connectivity index (χ1) is 17.4. The molecule has 1 N–H and O–H groups in total. The molecule has 0 aliphatic heterocycles. The molecule has 0 aliphatic carbocycles. The Labute approximate surface area is 211 Å². The SMILES string of the molecule is Cc1cc(CCOc2cccc(C(C)Nc3cc(-c4ccc5occ(C)c5c4)nc(C)n3)c2)n(C)n1. The van der Waals surface area contributed by atoms with Crippen LogP contribution in [0.15, 0.2) is 65.3 Å². The number of nitrogens with zero attached hydrogens (tertiary/aromatic N) is 4. The summed E-state index contributed by atoms with van der Waals surface area (Å²) in [5, 5.41) is 9.03. The van der Waals surface area contributed by atoms with Gasteiger partial charge in [-0.3, -0.25) is 4.68 Å². The second-order valence-electron chi connectivity index (χ2n) is 9.25. The zero-order valence-electron chi connectivity index (χ0n) is 21.4. The number of hydrogen-bond acceptors (Lipinski definition) is 6. The molecule has 184 valence electrons. The van der Waals surface area contributed by atoms with Gasteiger partial charge < -0.3 is 14.5 Å². The number of benzene rings is 2. The average molecular weight is 482 g/mol. The molecule has 5 rings (SSSR count). The van der Waals surface area contributed by atoms with Crippen LogP contribution in [0.25, 0.3) is 22.2 Å². The van der Waals surface area contributed by atoms with Crippen molar-refractivity contribution in [2.45, 2.75) is 40.2 Å². The number of nitrogens with one attached hydrogen (secondary N) is 1. The normalized spacial score (nSPS) is 12.1. The van der Waals surface area contributed by atoms with Gasteiger partial charge >= 0.3 is 0 Å². The fourth-order valence-corrected chi connectivity index (χ4v) is 4.46. The second-order valence-corrected chi connectivity index (χ2v) is 9.25. The number of rotatable bonds is 8. The molecule has 0 saturated carbocycles. The van der Waals surface area contributed by atoms with Crippen molar-refractivity contribution in [3.8, 4) is 17.0 Å². The van der Waals surface area contributed by atoms with Crippen LogP contribution < -0.4 is 10.1 Å². The van der Waals surface area contributed by atoms with Crippen molar-refractivity contribution in [2.24, 2.45) is 7.05 Å². The van der Waals surface area contributed by atoms with E-state index in [2.05, 4.69) is 51.6 Å². The summed E-state index contributed by atoms with van der Waals surface area (Å²) in [6, 6.07) is 18.5. The van der Waals surface area contributed by atoms with E-state index in [9.17, 15) is 0 Å². The smallest absolute Gasteiger partial charge is 0.134 e. The maximum absolute atomic E-state index is 6.05. The maximum Gasteiger partial charge on any atom is 0.134 e. The third kappa shape index (κ3) is 5.10. The molecule has 36 heavy (non-hydrogen) atoms. The van der Waals surface area contributed by atoms with Gasteiger partial charge in [0.2, 0.25) is 0 Å². The van der Waals surface area contributed by atoms with Crippen molar-refractivity contribution >= 4 is 16.8 Å². The summed E-state index contributed by atoms with van der Waals surface area (Å²) in [5.74, 6) is 2.35. The molecule has 3 heterocycles. The lowest BCUT2D eigenvalue weighted by molar-refractivity contribution is 0.318. The van der Waals surface area contributed by atoms with Crippen LogP contribution in [0.5, 0.6) is 5.75 Å². The molecule has 0 spiro atoms. The summed E-state index contributed by atoms with van der Waals surface area (Å²) in [4.78, 5) is 9.31. The first-order valence-corrected chi connectivity index (χ1v) is 12.2. The van der Waals surface area contributed by atoms with Crippen LogP contribution in [0, 0.1) is 20.8 Å². The zero-order chi connectivity index (χ0) is 25.2. The Morgan fingerprint density at radius 1 is 1.03 bits per heavy atom. The average Bonchev–Trinajstić information content (AvgIpc) is 3.39. The number of furan rings is 1. The Morgan fingerprint density at radius 2 is 1.89 bits per heavy atom. The number of hydrogen-bond donors (Lipinski definition) is 1. The molecule has 0 amide bonds. The molecule has 0 radical (unpaired) electrons. The predicted octanol–water partition coefficient (Wildman–Crippen LogP) is 6.34. The minimum absolute atomic E-state index is 0.0361. The summed E-state index contributed by atoms with van der Waals surface area (Å²) < 4.78 is 13.5. The van der Waals surface area contributed by atoms with Gasteiger partial charge in [0.1, 0.15) is 23.0 Å². The van der Waals surface area contributed by atoms with Gasteiger partial charge in [-0.15, -0.1) is 0 Å². The highest BCUT2D eigenvalue weighted by atomic mass is 16.5. The van der Waals surface area contributed by atoms with E-state index in [4.69, 9.17) is 9.15 Å². The molecule has 2 aromatic carbocycles. The Bertz CT molecular complexity index is 1520. The maximum atomic E-state index is 6.05. The predicted molar refractivity (Wildman–Crippen MR) is 142 cm³/mol. The Morgan fingerprint density at radius 3 is 2.69 bits per heavy atom. The van der Waals surface area contributed by atoms with Crippen LogP contribution in [-0.4, -0.2) is 26.4 Å². The fourth-order valence-electron chi connectivity index (χ4n) is 4.46. The van der Waals surface area contributed by atoms with Crippen LogP contribution >= 0.6 is 0 Å². The van der Waals surface area contributed by atoms with Crippen molar-refractivity contribution in [1.29, 1.82) is 0 Å². The minimum atomic E-state index is 0.0361. The highest BCUT2D eigenvalue weighted by Crippen LogP contribution is 2.29. The molecule has 5 aromatic rings.